The highest BCUT2D eigenvalue weighted by atomic mass is 16.2. The van der Waals surface area contributed by atoms with Crippen LogP contribution in [0, 0.1) is 0 Å². The summed E-state index contributed by atoms with van der Waals surface area (Å²) >= 11 is 0. The summed E-state index contributed by atoms with van der Waals surface area (Å²) in [7, 11) is 6.41. The predicted molar refractivity (Wildman–Crippen MR) is 83.1 cm³/mol. The van der Waals surface area contributed by atoms with Gasteiger partial charge in [0.2, 0.25) is 0 Å². The van der Waals surface area contributed by atoms with Crippen molar-refractivity contribution < 1.29 is 4.79 Å². The van der Waals surface area contributed by atoms with E-state index in [1.54, 1.807) is 14.1 Å². The number of carbonyl (C=O) groups excluding carboxylic acids is 1. The summed E-state index contributed by atoms with van der Waals surface area (Å²) in [5.74, 6) is -0.259. The summed E-state index contributed by atoms with van der Waals surface area (Å²) in [5, 5.41) is 3.27. The third kappa shape index (κ3) is 2.64. The molecule has 0 aliphatic heterocycles. The topological polar surface area (TPSA) is 89.2 Å². The minimum atomic E-state index is -0.474. The molecule has 2 aromatic rings. The number of hydrogen-bond donors (Lipinski definition) is 1. The van der Waals surface area contributed by atoms with Gasteiger partial charge in [-0.2, -0.15) is 0 Å². The lowest BCUT2D eigenvalue weighted by atomic mass is 10.2. The van der Waals surface area contributed by atoms with Crippen molar-refractivity contribution in [3.63, 3.8) is 0 Å². The van der Waals surface area contributed by atoms with Gasteiger partial charge in [0.25, 0.3) is 11.5 Å². The molecule has 0 fully saturated rings. The number of nitrogens with zero attached hydrogens (tertiary/aromatic N) is 4. The Morgan fingerprint density at radius 2 is 1.95 bits per heavy atom. The maximum Gasteiger partial charge on any atom is 0.332 e. The van der Waals surface area contributed by atoms with E-state index in [9.17, 15) is 14.4 Å². The predicted octanol–water partition coefficient (Wildman–Crippen LogP) is -1.08. The molecule has 2 heterocycles. The first kappa shape index (κ1) is 15.9. The fraction of sp³-hybridized carbons (Fsp3) is 0.429. The molecule has 0 radical (unpaired) electrons. The number of amides is 1. The lowest BCUT2D eigenvalue weighted by molar-refractivity contribution is 0.0791. The Morgan fingerprint density at radius 3 is 2.59 bits per heavy atom. The van der Waals surface area contributed by atoms with Crippen molar-refractivity contribution in [2.24, 2.45) is 14.1 Å². The second-order valence-corrected chi connectivity index (χ2v) is 5.10. The molecule has 0 aliphatic rings. The maximum atomic E-state index is 12.3. The number of hydrogen-bond acceptors (Lipinski definition) is 5. The molecule has 0 bridgehead atoms. The number of rotatable bonds is 4. The molecule has 0 aliphatic carbocycles. The number of aryl methyl sites for hydroxylation is 1. The highest BCUT2D eigenvalue weighted by molar-refractivity contribution is 5.94. The van der Waals surface area contributed by atoms with Crippen molar-refractivity contribution in [1.29, 1.82) is 0 Å². The minimum absolute atomic E-state index is 0.203. The van der Waals surface area contributed by atoms with Crippen LogP contribution in [0.1, 0.15) is 10.5 Å². The number of fused-ring (bicyclic) bond motifs is 1. The molecule has 1 N–H and O–H groups in total. The first-order valence-corrected chi connectivity index (χ1v) is 6.85. The van der Waals surface area contributed by atoms with Crippen molar-refractivity contribution in [3.05, 3.63) is 38.7 Å². The standard InChI is InChI=1S/C14H19N5O3/c1-15-7-8-17(2)13(21)10-6-5-9-11(16-10)18(3)14(22)19(4)12(9)20/h5-6,15H,7-8H2,1-4H3. The zero-order chi connectivity index (χ0) is 16.4. The van der Waals surface area contributed by atoms with Crippen LogP contribution in [-0.4, -0.2) is 52.1 Å². The van der Waals surface area contributed by atoms with Crippen LogP contribution in [0.4, 0.5) is 0 Å². The van der Waals surface area contributed by atoms with Crippen LogP contribution in [0.3, 0.4) is 0 Å². The summed E-state index contributed by atoms with van der Waals surface area (Å²) in [6.07, 6.45) is 0. The minimum Gasteiger partial charge on any atom is -0.339 e. The van der Waals surface area contributed by atoms with E-state index in [-0.39, 0.29) is 17.2 Å². The zero-order valence-corrected chi connectivity index (χ0v) is 13.1. The summed E-state index contributed by atoms with van der Waals surface area (Å²) < 4.78 is 2.28. The highest BCUT2D eigenvalue weighted by Crippen LogP contribution is 2.08. The van der Waals surface area contributed by atoms with Gasteiger partial charge < -0.3 is 10.2 Å². The zero-order valence-electron chi connectivity index (χ0n) is 13.1. The van der Waals surface area contributed by atoms with Crippen molar-refractivity contribution >= 4 is 16.9 Å². The molecular weight excluding hydrogens is 286 g/mol. The first-order chi connectivity index (χ1) is 10.4. The van der Waals surface area contributed by atoms with Gasteiger partial charge in [-0.25, -0.2) is 9.78 Å². The summed E-state index contributed by atoms with van der Waals surface area (Å²) in [5.41, 5.74) is -0.485. The number of pyridine rings is 1. The van der Waals surface area contributed by atoms with Gasteiger partial charge in [-0.05, 0) is 19.2 Å². The highest BCUT2D eigenvalue weighted by Gasteiger charge is 2.16. The summed E-state index contributed by atoms with van der Waals surface area (Å²) in [6.45, 7) is 1.19. The molecule has 0 spiro atoms. The van der Waals surface area contributed by atoms with Crippen LogP contribution in [0.15, 0.2) is 21.7 Å². The molecular formula is C14H19N5O3. The quantitative estimate of drug-likeness (QED) is 0.776. The SMILES string of the molecule is CNCCN(C)C(=O)c1ccc2c(=O)n(C)c(=O)n(C)c2n1. The number of likely N-dealkylation sites (N-methyl/N-ethyl adjacent to an activating group) is 2. The van der Waals surface area contributed by atoms with E-state index < -0.39 is 11.2 Å². The van der Waals surface area contributed by atoms with E-state index in [0.29, 0.717) is 18.5 Å². The van der Waals surface area contributed by atoms with Gasteiger partial charge in [0.1, 0.15) is 11.3 Å². The number of nitrogens with one attached hydrogen (secondary N) is 1. The van der Waals surface area contributed by atoms with Crippen LogP contribution < -0.4 is 16.6 Å². The second-order valence-electron chi connectivity index (χ2n) is 5.10. The smallest absolute Gasteiger partial charge is 0.332 e. The molecule has 2 aromatic heterocycles. The van der Waals surface area contributed by atoms with Crippen LogP contribution >= 0.6 is 0 Å². The van der Waals surface area contributed by atoms with Crippen LogP contribution in [0.25, 0.3) is 11.0 Å². The third-order valence-electron chi connectivity index (χ3n) is 3.56. The molecule has 118 valence electrons. The Kier molecular flexibility index (Phi) is 4.41. The normalized spacial score (nSPS) is 10.9. The molecule has 22 heavy (non-hydrogen) atoms. The van der Waals surface area contributed by atoms with Gasteiger partial charge in [-0.1, -0.05) is 0 Å². The third-order valence-corrected chi connectivity index (χ3v) is 3.56. The van der Waals surface area contributed by atoms with Gasteiger partial charge in [0.15, 0.2) is 0 Å². The maximum absolute atomic E-state index is 12.3. The van der Waals surface area contributed by atoms with Gasteiger partial charge in [-0.15, -0.1) is 0 Å². The molecule has 0 unspecified atom stereocenters. The average molecular weight is 305 g/mol. The fourth-order valence-corrected chi connectivity index (χ4v) is 2.15. The monoisotopic (exact) mass is 305 g/mol. The lowest BCUT2D eigenvalue weighted by Crippen LogP contribution is -2.38. The Balaban J connectivity index is 2.54. The van der Waals surface area contributed by atoms with Gasteiger partial charge in [-0.3, -0.25) is 18.7 Å². The van der Waals surface area contributed by atoms with E-state index in [2.05, 4.69) is 10.3 Å². The van der Waals surface area contributed by atoms with Crippen molar-refractivity contribution in [2.45, 2.75) is 0 Å². The molecule has 0 saturated heterocycles. The Hall–Kier alpha value is -2.48. The second kappa shape index (κ2) is 6.10. The summed E-state index contributed by atoms with van der Waals surface area (Å²) in [6, 6.07) is 3.04. The molecule has 0 atom stereocenters. The van der Waals surface area contributed by atoms with Crippen molar-refractivity contribution in [3.8, 4) is 0 Å². The molecule has 1 amide bonds. The summed E-state index contributed by atoms with van der Waals surface area (Å²) in [4.78, 5) is 42.0. The number of aromatic nitrogens is 3. The average Bonchev–Trinajstić information content (AvgIpc) is 2.54. The van der Waals surface area contributed by atoms with Gasteiger partial charge >= 0.3 is 5.69 Å². The Labute approximate surface area is 127 Å². The Morgan fingerprint density at radius 1 is 1.27 bits per heavy atom. The van der Waals surface area contributed by atoms with E-state index in [0.717, 1.165) is 4.57 Å². The Bertz CT molecular complexity index is 837. The van der Waals surface area contributed by atoms with Crippen LogP contribution in [0.5, 0.6) is 0 Å². The van der Waals surface area contributed by atoms with Crippen molar-refractivity contribution in [1.82, 2.24) is 24.3 Å². The van der Waals surface area contributed by atoms with Crippen LogP contribution in [0.2, 0.25) is 0 Å². The largest absolute Gasteiger partial charge is 0.339 e. The fourth-order valence-electron chi connectivity index (χ4n) is 2.15. The van der Waals surface area contributed by atoms with Crippen LogP contribution in [-0.2, 0) is 14.1 Å². The first-order valence-electron chi connectivity index (χ1n) is 6.85. The van der Waals surface area contributed by atoms with E-state index in [1.807, 2.05) is 0 Å². The van der Waals surface area contributed by atoms with Crippen molar-refractivity contribution in [2.75, 3.05) is 27.2 Å². The molecule has 0 aromatic carbocycles. The van der Waals surface area contributed by atoms with E-state index in [4.69, 9.17) is 0 Å². The molecule has 0 saturated carbocycles. The van der Waals surface area contributed by atoms with Gasteiger partial charge in [0.05, 0.1) is 5.39 Å². The van der Waals surface area contributed by atoms with Gasteiger partial charge in [0, 0.05) is 34.2 Å². The molecule has 8 heteroatoms. The van der Waals surface area contributed by atoms with E-state index >= 15 is 0 Å². The molecule has 8 nitrogen and oxygen atoms in total. The van der Waals surface area contributed by atoms with E-state index in [1.165, 1.54) is 35.7 Å². The number of carbonyl (C=O) groups is 1. The molecule has 2 rings (SSSR count). The lowest BCUT2D eigenvalue weighted by Gasteiger charge is -2.16.